The Kier molecular flexibility index (Phi) is 2.42. The SMILES string of the molecule is CC(C)(C)c1noc(-c2cccc(O)c2)n1. The second kappa shape index (κ2) is 3.63. The topological polar surface area (TPSA) is 59.2 Å². The molecule has 0 bridgehead atoms. The summed E-state index contributed by atoms with van der Waals surface area (Å²) in [6.45, 7) is 6.05. The average molecular weight is 218 g/mol. The number of nitrogens with zero attached hydrogens (tertiary/aromatic N) is 2. The Labute approximate surface area is 93.9 Å². The van der Waals surface area contributed by atoms with E-state index in [0.29, 0.717) is 11.7 Å². The van der Waals surface area contributed by atoms with Gasteiger partial charge in [-0.1, -0.05) is 32.0 Å². The van der Waals surface area contributed by atoms with Gasteiger partial charge in [-0.25, -0.2) is 0 Å². The number of phenolic OH excluding ortho intramolecular Hbond substituents is 1. The van der Waals surface area contributed by atoms with Gasteiger partial charge in [0, 0.05) is 11.0 Å². The van der Waals surface area contributed by atoms with Crippen LogP contribution in [0.2, 0.25) is 0 Å². The van der Waals surface area contributed by atoms with Gasteiger partial charge >= 0.3 is 0 Å². The predicted octanol–water partition coefficient (Wildman–Crippen LogP) is 2.74. The average Bonchev–Trinajstić information content (AvgIpc) is 2.65. The quantitative estimate of drug-likeness (QED) is 0.799. The van der Waals surface area contributed by atoms with E-state index in [1.165, 1.54) is 0 Å². The molecule has 0 fully saturated rings. The molecule has 0 amide bonds. The van der Waals surface area contributed by atoms with Crippen molar-refractivity contribution in [2.45, 2.75) is 26.2 Å². The molecular weight excluding hydrogens is 204 g/mol. The van der Waals surface area contributed by atoms with Crippen molar-refractivity contribution in [3.8, 4) is 17.2 Å². The van der Waals surface area contributed by atoms with Crippen LogP contribution in [0, 0.1) is 0 Å². The summed E-state index contributed by atoms with van der Waals surface area (Å²) in [6, 6.07) is 6.76. The summed E-state index contributed by atoms with van der Waals surface area (Å²) in [7, 11) is 0. The van der Waals surface area contributed by atoms with Crippen molar-refractivity contribution in [2.75, 3.05) is 0 Å². The van der Waals surface area contributed by atoms with E-state index in [9.17, 15) is 5.11 Å². The van der Waals surface area contributed by atoms with Gasteiger partial charge in [0.25, 0.3) is 5.89 Å². The molecule has 0 aliphatic carbocycles. The third-order valence-corrected chi connectivity index (χ3v) is 2.19. The smallest absolute Gasteiger partial charge is 0.258 e. The molecule has 0 atom stereocenters. The molecule has 1 heterocycles. The Morgan fingerprint density at radius 2 is 2.00 bits per heavy atom. The predicted molar refractivity (Wildman–Crippen MR) is 60.1 cm³/mol. The zero-order chi connectivity index (χ0) is 11.8. The second-order valence-electron chi connectivity index (χ2n) is 4.72. The van der Waals surface area contributed by atoms with Crippen molar-refractivity contribution in [3.63, 3.8) is 0 Å². The number of hydrogen-bond donors (Lipinski definition) is 1. The summed E-state index contributed by atoms with van der Waals surface area (Å²) in [5.74, 6) is 1.28. The van der Waals surface area contributed by atoms with E-state index >= 15 is 0 Å². The number of aromatic hydroxyl groups is 1. The lowest BCUT2D eigenvalue weighted by Crippen LogP contribution is -2.13. The van der Waals surface area contributed by atoms with Crippen LogP contribution in [0.5, 0.6) is 5.75 Å². The molecule has 0 spiro atoms. The van der Waals surface area contributed by atoms with Crippen LogP contribution < -0.4 is 0 Å². The first-order valence-electron chi connectivity index (χ1n) is 5.10. The van der Waals surface area contributed by atoms with Gasteiger partial charge in [0.05, 0.1) is 0 Å². The Balaban J connectivity index is 2.39. The molecule has 1 N–H and O–H groups in total. The molecule has 2 rings (SSSR count). The first-order valence-corrected chi connectivity index (χ1v) is 5.10. The Bertz CT molecular complexity index is 498. The van der Waals surface area contributed by atoms with Crippen LogP contribution >= 0.6 is 0 Å². The molecule has 16 heavy (non-hydrogen) atoms. The number of benzene rings is 1. The molecule has 4 nitrogen and oxygen atoms in total. The second-order valence-corrected chi connectivity index (χ2v) is 4.72. The van der Waals surface area contributed by atoms with Crippen molar-refractivity contribution < 1.29 is 9.63 Å². The van der Waals surface area contributed by atoms with E-state index in [0.717, 1.165) is 5.56 Å². The van der Waals surface area contributed by atoms with Crippen molar-refractivity contribution in [2.24, 2.45) is 0 Å². The maximum atomic E-state index is 9.35. The summed E-state index contributed by atoms with van der Waals surface area (Å²) >= 11 is 0. The van der Waals surface area contributed by atoms with Gasteiger partial charge < -0.3 is 9.63 Å². The Hall–Kier alpha value is -1.84. The highest BCUT2D eigenvalue weighted by atomic mass is 16.5. The molecule has 84 valence electrons. The molecule has 1 aromatic carbocycles. The van der Waals surface area contributed by atoms with E-state index < -0.39 is 0 Å². The number of rotatable bonds is 1. The lowest BCUT2D eigenvalue weighted by Gasteiger charge is -2.10. The monoisotopic (exact) mass is 218 g/mol. The van der Waals surface area contributed by atoms with Gasteiger partial charge in [0.1, 0.15) is 5.75 Å². The fourth-order valence-corrected chi connectivity index (χ4v) is 1.28. The molecular formula is C12H14N2O2. The number of hydrogen-bond acceptors (Lipinski definition) is 4. The normalized spacial score (nSPS) is 11.7. The zero-order valence-corrected chi connectivity index (χ0v) is 9.56. The van der Waals surface area contributed by atoms with Gasteiger partial charge in [-0.2, -0.15) is 4.98 Å². The Morgan fingerprint density at radius 1 is 1.25 bits per heavy atom. The Morgan fingerprint density at radius 3 is 2.56 bits per heavy atom. The van der Waals surface area contributed by atoms with Gasteiger partial charge in [0.2, 0.25) is 0 Å². The van der Waals surface area contributed by atoms with Gasteiger partial charge in [0.15, 0.2) is 5.82 Å². The fourth-order valence-electron chi connectivity index (χ4n) is 1.28. The van der Waals surface area contributed by atoms with Crippen LogP contribution in [0.1, 0.15) is 26.6 Å². The molecule has 0 aliphatic rings. The molecule has 4 heteroatoms. The van der Waals surface area contributed by atoms with Crippen molar-refractivity contribution in [1.82, 2.24) is 10.1 Å². The highest BCUT2D eigenvalue weighted by Crippen LogP contribution is 2.25. The van der Waals surface area contributed by atoms with E-state index in [1.54, 1.807) is 18.2 Å². The molecule has 0 unspecified atom stereocenters. The van der Waals surface area contributed by atoms with Crippen LogP contribution in [0.4, 0.5) is 0 Å². The third-order valence-electron chi connectivity index (χ3n) is 2.19. The van der Waals surface area contributed by atoms with E-state index in [1.807, 2.05) is 26.8 Å². The molecule has 0 aliphatic heterocycles. The summed E-state index contributed by atoms with van der Waals surface area (Å²) in [4.78, 5) is 4.30. The molecule has 2 aromatic rings. The van der Waals surface area contributed by atoms with E-state index in [2.05, 4.69) is 10.1 Å². The van der Waals surface area contributed by atoms with Crippen molar-refractivity contribution in [1.29, 1.82) is 0 Å². The van der Waals surface area contributed by atoms with Gasteiger partial charge in [-0.05, 0) is 18.2 Å². The first-order chi connectivity index (χ1) is 7.47. The summed E-state index contributed by atoms with van der Waals surface area (Å²) in [5, 5.41) is 13.3. The minimum Gasteiger partial charge on any atom is -0.508 e. The fraction of sp³-hybridized carbons (Fsp3) is 0.333. The van der Waals surface area contributed by atoms with E-state index in [-0.39, 0.29) is 11.2 Å². The van der Waals surface area contributed by atoms with Crippen LogP contribution in [-0.2, 0) is 5.41 Å². The number of aromatic nitrogens is 2. The molecule has 0 saturated heterocycles. The van der Waals surface area contributed by atoms with Crippen LogP contribution in [0.3, 0.4) is 0 Å². The maximum Gasteiger partial charge on any atom is 0.258 e. The summed E-state index contributed by atoms with van der Waals surface area (Å²) in [5.41, 5.74) is 0.585. The van der Waals surface area contributed by atoms with E-state index in [4.69, 9.17) is 4.52 Å². The molecule has 0 saturated carbocycles. The largest absolute Gasteiger partial charge is 0.508 e. The van der Waals surface area contributed by atoms with Crippen LogP contribution in [-0.4, -0.2) is 15.2 Å². The lowest BCUT2D eigenvalue weighted by molar-refractivity contribution is 0.402. The van der Waals surface area contributed by atoms with Crippen molar-refractivity contribution in [3.05, 3.63) is 30.1 Å². The first kappa shape index (κ1) is 10.7. The van der Waals surface area contributed by atoms with Gasteiger partial charge in [-0.3, -0.25) is 0 Å². The van der Waals surface area contributed by atoms with Crippen LogP contribution in [0.25, 0.3) is 11.5 Å². The highest BCUT2D eigenvalue weighted by molar-refractivity contribution is 5.55. The summed E-state index contributed by atoms with van der Waals surface area (Å²) < 4.78 is 5.16. The molecule has 1 aromatic heterocycles. The standard InChI is InChI=1S/C12H14N2O2/c1-12(2,3)11-13-10(16-14-11)8-5-4-6-9(15)7-8/h4-7,15H,1-3H3. The molecule has 0 radical (unpaired) electrons. The van der Waals surface area contributed by atoms with Crippen molar-refractivity contribution >= 4 is 0 Å². The minimum absolute atomic E-state index is 0.140. The maximum absolute atomic E-state index is 9.35. The minimum atomic E-state index is -0.140. The third kappa shape index (κ3) is 2.05. The zero-order valence-electron chi connectivity index (χ0n) is 9.56. The highest BCUT2D eigenvalue weighted by Gasteiger charge is 2.21. The summed E-state index contributed by atoms with van der Waals surface area (Å²) in [6.07, 6.45) is 0. The lowest BCUT2D eigenvalue weighted by atomic mass is 9.96. The number of phenols is 1. The van der Waals surface area contributed by atoms with Gasteiger partial charge in [-0.15, -0.1) is 0 Å². The van der Waals surface area contributed by atoms with Crippen LogP contribution in [0.15, 0.2) is 28.8 Å².